The van der Waals surface area contributed by atoms with E-state index in [2.05, 4.69) is 25.3 Å². The summed E-state index contributed by atoms with van der Waals surface area (Å²) >= 11 is 0. The predicted molar refractivity (Wildman–Crippen MR) is 90.7 cm³/mol. The van der Waals surface area contributed by atoms with Crippen LogP contribution in [0.1, 0.15) is 31.6 Å². The average molecular weight is 341 g/mol. The average Bonchev–Trinajstić information content (AvgIpc) is 3.22. The van der Waals surface area contributed by atoms with Crippen molar-refractivity contribution in [3.8, 4) is 11.4 Å². The van der Waals surface area contributed by atoms with E-state index in [0.29, 0.717) is 30.3 Å². The van der Waals surface area contributed by atoms with Crippen molar-refractivity contribution in [1.82, 2.24) is 25.3 Å². The van der Waals surface area contributed by atoms with Crippen LogP contribution >= 0.6 is 0 Å². The van der Waals surface area contributed by atoms with Crippen LogP contribution in [-0.4, -0.2) is 57.4 Å². The van der Waals surface area contributed by atoms with Gasteiger partial charge in [0, 0.05) is 43.1 Å². The van der Waals surface area contributed by atoms with E-state index in [1.54, 1.807) is 12.4 Å². The Morgan fingerprint density at radius 2 is 2.00 bits per heavy atom. The van der Waals surface area contributed by atoms with Crippen molar-refractivity contribution in [2.45, 2.75) is 49.9 Å². The Morgan fingerprint density at radius 3 is 2.80 bits per heavy atom. The number of ether oxygens (including phenoxy) is 1. The molecular weight excluding hydrogens is 318 g/mol. The minimum Gasteiger partial charge on any atom is -0.372 e. The van der Waals surface area contributed by atoms with E-state index < -0.39 is 0 Å². The van der Waals surface area contributed by atoms with Crippen LogP contribution in [0, 0.1) is 0 Å². The molecule has 3 aliphatic heterocycles. The molecule has 2 aromatic rings. The van der Waals surface area contributed by atoms with Crippen LogP contribution in [0.3, 0.4) is 0 Å². The van der Waals surface area contributed by atoms with Gasteiger partial charge in [0.05, 0.1) is 18.8 Å². The van der Waals surface area contributed by atoms with E-state index in [9.17, 15) is 0 Å². The predicted octanol–water partition coefficient (Wildman–Crippen LogP) is 1.62. The van der Waals surface area contributed by atoms with Crippen LogP contribution < -0.4 is 5.32 Å². The minimum absolute atomic E-state index is 0.00326. The summed E-state index contributed by atoms with van der Waals surface area (Å²) in [6.45, 7) is 3.34. The Labute approximate surface area is 146 Å². The van der Waals surface area contributed by atoms with E-state index >= 15 is 0 Å². The van der Waals surface area contributed by atoms with Crippen molar-refractivity contribution in [3.05, 3.63) is 30.4 Å². The molecule has 7 nitrogen and oxygen atoms in total. The molecule has 132 valence electrons. The smallest absolute Gasteiger partial charge is 0.241 e. The molecule has 3 atom stereocenters. The van der Waals surface area contributed by atoms with E-state index in [0.717, 1.165) is 38.1 Å². The maximum atomic E-state index is 6.27. The summed E-state index contributed by atoms with van der Waals surface area (Å²) in [5.74, 6) is 1.29. The summed E-state index contributed by atoms with van der Waals surface area (Å²) in [5.41, 5.74) is 0.932. The van der Waals surface area contributed by atoms with Gasteiger partial charge in [0.2, 0.25) is 11.7 Å². The Balaban J connectivity index is 1.28. The van der Waals surface area contributed by atoms with Crippen molar-refractivity contribution in [2.24, 2.45) is 0 Å². The first kappa shape index (κ1) is 15.4. The molecule has 3 fully saturated rings. The van der Waals surface area contributed by atoms with Gasteiger partial charge in [-0.3, -0.25) is 9.88 Å². The first-order chi connectivity index (χ1) is 12.3. The van der Waals surface area contributed by atoms with Gasteiger partial charge in [-0.1, -0.05) is 5.16 Å². The van der Waals surface area contributed by atoms with Crippen molar-refractivity contribution in [1.29, 1.82) is 0 Å². The highest BCUT2D eigenvalue weighted by atomic mass is 16.5. The molecule has 0 aliphatic carbocycles. The van der Waals surface area contributed by atoms with Crippen LogP contribution in [0.2, 0.25) is 0 Å². The third kappa shape index (κ3) is 3.07. The number of morpholine rings is 1. The number of fused-ring (bicyclic) bond motifs is 2. The molecule has 5 rings (SSSR count). The highest BCUT2D eigenvalue weighted by Crippen LogP contribution is 2.38. The molecule has 0 amide bonds. The number of aromatic nitrogens is 3. The summed E-state index contributed by atoms with van der Waals surface area (Å²) in [5, 5.41) is 7.81. The van der Waals surface area contributed by atoms with Gasteiger partial charge in [-0.05, 0) is 37.8 Å². The zero-order valence-corrected chi connectivity index (χ0v) is 14.2. The van der Waals surface area contributed by atoms with Gasteiger partial charge in [-0.2, -0.15) is 4.98 Å². The normalized spacial score (nSPS) is 32.3. The van der Waals surface area contributed by atoms with Crippen molar-refractivity contribution >= 4 is 0 Å². The number of piperidine rings is 1. The number of nitrogens with zero attached hydrogens (tertiary/aromatic N) is 4. The number of pyridine rings is 1. The monoisotopic (exact) mass is 341 g/mol. The number of hydrogen-bond donors (Lipinski definition) is 1. The number of rotatable bonds is 3. The second-order valence-corrected chi connectivity index (χ2v) is 7.54. The van der Waals surface area contributed by atoms with Gasteiger partial charge < -0.3 is 14.6 Å². The molecule has 0 radical (unpaired) electrons. The topological polar surface area (TPSA) is 76.3 Å². The Hall–Kier alpha value is -1.83. The summed E-state index contributed by atoms with van der Waals surface area (Å²) in [4.78, 5) is 11.0. The Kier molecular flexibility index (Phi) is 3.80. The van der Waals surface area contributed by atoms with E-state index in [1.807, 2.05) is 12.1 Å². The lowest BCUT2D eigenvalue weighted by molar-refractivity contribution is -0.134. The molecule has 1 spiro atoms. The molecule has 3 saturated heterocycles. The van der Waals surface area contributed by atoms with Crippen LogP contribution in [0.4, 0.5) is 0 Å². The van der Waals surface area contributed by atoms with Gasteiger partial charge in [0.1, 0.15) is 0 Å². The van der Waals surface area contributed by atoms with Gasteiger partial charge in [0.15, 0.2) is 0 Å². The van der Waals surface area contributed by atoms with Crippen molar-refractivity contribution < 1.29 is 9.26 Å². The lowest BCUT2D eigenvalue weighted by Crippen LogP contribution is -2.58. The fourth-order valence-corrected chi connectivity index (χ4v) is 4.64. The molecule has 2 aromatic heterocycles. The molecular formula is C18H23N5O2. The van der Waals surface area contributed by atoms with Gasteiger partial charge in [-0.25, -0.2) is 0 Å². The van der Waals surface area contributed by atoms with Gasteiger partial charge >= 0.3 is 0 Å². The van der Waals surface area contributed by atoms with Crippen LogP contribution in [0.5, 0.6) is 0 Å². The van der Waals surface area contributed by atoms with Gasteiger partial charge in [-0.15, -0.1) is 0 Å². The summed E-state index contributed by atoms with van der Waals surface area (Å²) < 4.78 is 11.8. The van der Waals surface area contributed by atoms with Gasteiger partial charge in [0.25, 0.3) is 0 Å². The summed E-state index contributed by atoms with van der Waals surface area (Å²) in [6, 6.07) is 5.03. The highest BCUT2D eigenvalue weighted by molar-refractivity contribution is 5.52. The Bertz CT molecular complexity index is 722. The van der Waals surface area contributed by atoms with Crippen molar-refractivity contribution in [3.63, 3.8) is 0 Å². The molecule has 1 N–H and O–H groups in total. The lowest BCUT2D eigenvalue weighted by Gasteiger charge is -2.47. The fraction of sp³-hybridized carbons (Fsp3) is 0.611. The maximum Gasteiger partial charge on any atom is 0.241 e. The standard InChI is InChI=1S/C18H23N5O2/c1-2-15-10-18(9-14(1)20-15)12-23(7-8-24-18)11-16-21-17(22-25-16)13-3-5-19-6-4-13/h3-6,14-15,20H,1-2,7-12H2/t14-,15+,18?. The van der Waals surface area contributed by atoms with E-state index in [4.69, 9.17) is 9.26 Å². The third-order valence-corrected chi connectivity index (χ3v) is 5.66. The number of nitrogens with one attached hydrogen (secondary N) is 1. The molecule has 7 heteroatoms. The second kappa shape index (κ2) is 6.16. The zero-order valence-electron chi connectivity index (χ0n) is 14.2. The zero-order chi connectivity index (χ0) is 16.7. The second-order valence-electron chi connectivity index (χ2n) is 7.54. The SMILES string of the molecule is c1cc(-c2noc(CN3CCOC4(C[C@H]5CC[C@@H](C4)N5)C3)n2)ccn1. The molecule has 5 heterocycles. The van der Waals surface area contributed by atoms with Crippen LogP contribution in [-0.2, 0) is 11.3 Å². The van der Waals surface area contributed by atoms with E-state index in [-0.39, 0.29) is 5.60 Å². The molecule has 0 saturated carbocycles. The van der Waals surface area contributed by atoms with E-state index in [1.165, 1.54) is 12.8 Å². The summed E-state index contributed by atoms with van der Waals surface area (Å²) in [7, 11) is 0. The minimum atomic E-state index is 0.00326. The maximum absolute atomic E-state index is 6.27. The largest absolute Gasteiger partial charge is 0.372 e. The molecule has 3 aliphatic rings. The molecule has 1 unspecified atom stereocenters. The lowest BCUT2D eigenvalue weighted by atomic mass is 9.86. The number of hydrogen-bond acceptors (Lipinski definition) is 7. The Morgan fingerprint density at radius 1 is 1.20 bits per heavy atom. The molecule has 2 bridgehead atoms. The van der Waals surface area contributed by atoms with Crippen LogP contribution in [0.25, 0.3) is 11.4 Å². The first-order valence-corrected chi connectivity index (χ1v) is 9.13. The highest BCUT2D eigenvalue weighted by Gasteiger charge is 2.46. The summed E-state index contributed by atoms with van der Waals surface area (Å²) in [6.07, 6.45) is 8.28. The first-order valence-electron chi connectivity index (χ1n) is 9.13. The quantitative estimate of drug-likeness (QED) is 0.909. The third-order valence-electron chi connectivity index (χ3n) is 5.66. The fourth-order valence-electron chi connectivity index (χ4n) is 4.64. The molecule has 25 heavy (non-hydrogen) atoms. The molecule has 0 aromatic carbocycles. The van der Waals surface area contributed by atoms with Crippen molar-refractivity contribution in [2.75, 3.05) is 19.7 Å². The van der Waals surface area contributed by atoms with Crippen LogP contribution in [0.15, 0.2) is 29.0 Å².